The first-order valence-electron chi connectivity index (χ1n) is 7.59. The Hall–Kier alpha value is -1.99. The molecule has 3 aromatic rings. The average molecular weight is 332 g/mol. The number of rotatable bonds is 5. The normalized spacial score (nSPS) is 12.2. The van der Waals surface area contributed by atoms with Crippen LogP contribution in [0, 0.1) is 6.92 Å². The Kier molecular flexibility index (Phi) is 4.08. The number of aryl methyl sites for hydroxylation is 2. The second kappa shape index (κ2) is 5.90. The second-order valence-electron chi connectivity index (χ2n) is 6.41. The topological polar surface area (TPSA) is 94.7 Å². The van der Waals surface area contributed by atoms with Crippen molar-refractivity contribution in [3.63, 3.8) is 0 Å². The molecule has 3 N–H and O–H groups in total. The van der Waals surface area contributed by atoms with Gasteiger partial charge in [0.2, 0.25) is 0 Å². The molecule has 6 nitrogen and oxygen atoms in total. The maximum Gasteiger partial charge on any atom is 0.268 e. The molecule has 7 heteroatoms. The van der Waals surface area contributed by atoms with E-state index < -0.39 is 5.60 Å². The first-order chi connectivity index (χ1) is 10.8. The van der Waals surface area contributed by atoms with Crippen molar-refractivity contribution in [2.75, 3.05) is 0 Å². The predicted molar refractivity (Wildman–Crippen MR) is 91.8 cm³/mol. The van der Waals surface area contributed by atoms with Gasteiger partial charge in [0.05, 0.1) is 17.3 Å². The minimum atomic E-state index is -0.696. The molecule has 3 heterocycles. The third kappa shape index (κ3) is 3.51. The van der Waals surface area contributed by atoms with Crippen molar-refractivity contribution in [2.24, 2.45) is 0 Å². The van der Waals surface area contributed by atoms with E-state index in [1.54, 1.807) is 20.0 Å². The van der Waals surface area contributed by atoms with E-state index >= 15 is 0 Å². The highest BCUT2D eigenvalue weighted by Crippen LogP contribution is 2.32. The van der Waals surface area contributed by atoms with Crippen molar-refractivity contribution in [2.45, 2.75) is 45.6 Å². The lowest BCUT2D eigenvalue weighted by Gasteiger charge is -2.15. The fourth-order valence-corrected chi connectivity index (χ4v) is 3.59. The molecule has 3 aromatic heterocycles. The number of hydrogen-bond acceptors (Lipinski definition) is 5. The summed E-state index contributed by atoms with van der Waals surface area (Å²) < 4.78 is 0.631. The number of nitrogens with one attached hydrogen (secondary N) is 2. The number of nitrogens with zero attached hydrogens (tertiary/aromatic N) is 2. The van der Waals surface area contributed by atoms with Crippen molar-refractivity contribution in [3.8, 4) is 10.4 Å². The molecule has 0 aliphatic heterocycles. The van der Waals surface area contributed by atoms with Gasteiger partial charge in [-0.3, -0.25) is 9.89 Å². The van der Waals surface area contributed by atoms with Crippen LogP contribution in [0.4, 0.5) is 0 Å². The third-order valence-electron chi connectivity index (χ3n) is 3.73. The number of aliphatic hydroxyl groups is 1. The third-order valence-corrected chi connectivity index (χ3v) is 4.89. The van der Waals surface area contributed by atoms with E-state index in [2.05, 4.69) is 20.2 Å². The Morgan fingerprint density at radius 1 is 1.39 bits per heavy atom. The smallest absolute Gasteiger partial charge is 0.268 e. The van der Waals surface area contributed by atoms with Gasteiger partial charge in [-0.1, -0.05) is 0 Å². The maximum atomic E-state index is 12.3. The van der Waals surface area contributed by atoms with Crippen molar-refractivity contribution >= 4 is 21.6 Å². The fourth-order valence-electron chi connectivity index (χ4n) is 2.53. The average Bonchev–Trinajstić information content (AvgIpc) is 3.03. The molecule has 0 saturated heterocycles. The molecule has 0 radical (unpaired) electrons. The van der Waals surface area contributed by atoms with E-state index in [1.807, 2.05) is 13.0 Å². The molecule has 122 valence electrons. The van der Waals surface area contributed by atoms with Gasteiger partial charge < -0.3 is 10.1 Å². The van der Waals surface area contributed by atoms with Crippen LogP contribution in [0.15, 0.2) is 17.1 Å². The Labute approximate surface area is 137 Å². The molecule has 0 aromatic carbocycles. The summed E-state index contributed by atoms with van der Waals surface area (Å²) in [6, 6.07) is 1.94. The van der Waals surface area contributed by atoms with Crippen LogP contribution in [0.3, 0.4) is 0 Å². The molecule has 0 aliphatic rings. The lowest BCUT2D eigenvalue weighted by molar-refractivity contribution is 0.0688. The quantitative estimate of drug-likeness (QED) is 0.669. The summed E-state index contributed by atoms with van der Waals surface area (Å²) in [6.07, 6.45) is 3.84. The van der Waals surface area contributed by atoms with E-state index in [0.717, 1.165) is 22.6 Å². The molecule has 0 fully saturated rings. The summed E-state index contributed by atoms with van der Waals surface area (Å²) >= 11 is 1.43. The van der Waals surface area contributed by atoms with Gasteiger partial charge in [-0.15, -0.1) is 11.3 Å². The maximum absolute atomic E-state index is 12.3. The SMILES string of the molecule is Cc1[nH]ncc1-c1cc2nc(CCCC(C)(C)O)[nH]c(=O)c2s1. The molecule has 0 unspecified atom stereocenters. The number of aromatic nitrogens is 4. The summed E-state index contributed by atoms with van der Waals surface area (Å²) in [5.74, 6) is 0.667. The van der Waals surface area contributed by atoms with Crippen molar-refractivity contribution in [1.29, 1.82) is 0 Å². The first-order valence-corrected chi connectivity index (χ1v) is 8.40. The van der Waals surface area contributed by atoms with Gasteiger partial charge in [0.25, 0.3) is 5.56 Å². The van der Waals surface area contributed by atoms with Crippen LogP contribution in [0.2, 0.25) is 0 Å². The summed E-state index contributed by atoms with van der Waals surface area (Å²) in [4.78, 5) is 20.7. The van der Waals surface area contributed by atoms with Gasteiger partial charge in [-0.2, -0.15) is 5.10 Å². The van der Waals surface area contributed by atoms with Gasteiger partial charge in [0.15, 0.2) is 0 Å². The molecular formula is C16H20N4O2S. The Morgan fingerprint density at radius 3 is 2.83 bits per heavy atom. The van der Waals surface area contributed by atoms with Gasteiger partial charge >= 0.3 is 0 Å². The van der Waals surface area contributed by atoms with E-state index in [9.17, 15) is 9.90 Å². The van der Waals surface area contributed by atoms with Crippen molar-refractivity contribution in [3.05, 3.63) is 34.1 Å². The first kappa shape index (κ1) is 15.9. The zero-order chi connectivity index (χ0) is 16.6. The molecule has 0 bridgehead atoms. The van der Waals surface area contributed by atoms with Crippen LogP contribution in [-0.2, 0) is 6.42 Å². The molecule has 0 amide bonds. The molecule has 3 rings (SSSR count). The number of fused-ring (bicyclic) bond motifs is 1. The molecule has 0 saturated carbocycles. The standard InChI is InChI=1S/C16H20N4O2S/c1-9-10(8-17-20-9)12-7-11-14(23-12)15(21)19-13(18-11)5-4-6-16(2,3)22/h7-8,22H,4-6H2,1-3H3,(H,17,20)(H,18,19,21). The molecule has 0 aliphatic carbocycles. The lowest BCUT2D eigenvalue weighted by Crippen LogP contribution is -2.19. The van der Waals surface area contributed by atoms with E-state index in [1.165, 1.54) is 11.3 Å². The largest absolute Gasteiger partial charge is 0.390 e. The fraction of sp³-hybridized carbons (Fsp3) is 0.438. The van der Waals surface area contributed by atoms with Crippen LogP contribution < -0.4 is 5.56 Å². The zero-order valence-electron chi connectivity index (χ0n) is 13.4. The van der Waals surface area contributed by atoms with E-state index in [4.69, 9.17) is 0 Å². The monoisotopic (exact) mass is 332 g/mol. The molecular weight excluding hydrogens is 312 g/mol. The van der Waals surface area contributed by atoms with Crippen LogP contribution in [-0.4, -0.2) is 30.9 Å². The van der Waals surface area contributed by atoms with Crippen LogP contribution in [0.25, 0.3) is 20.7 Å². The highest BCUT2D eigenvalue weighted by atomic mass is 32.1. The van der Waals surface area contributed by atoms with Gasteiger partial charge in [0.1, 0.15) is 10.5 Å². The van der Waals surface area contributed by atoms with Crippen LogP contribution in [0.1, 0.15) is 38.2 Å². The summed E-state index contributed by atoms with van der Waals surface area (Å²) in [6.45, 7) is 5.52. The number of H-pyrrole nitrogens is 2. The van der Waals surface area contributed by atoms with Crippen molar-refractivity contribution < 1.29 is 5.11 Å². The van der Waals surface area contributed by atoms with Crippen molar-refractivity contribution in [1.82, 2.24) is 20.2 Å². The number of thiophene rings is 1. The Morgan fingerprint density at radius 2 is 2.17 bits per heavy atom. The van der Waals surface area contributed by atoms with Gasteiger partial charge in [-0.05, 0) is 39.7 Å². The predicted octanol–water partition coefficient (Wildman–Crippen LogP) is 2.78. The lowest BCUT2D eigenvalue weighted by atomic mass is 10.0. The summed E-state index contributed by atoms with van der Waals surface area (Å²) in [5.41, 5.74) is 1.88. The molecule has 0 atom stereocenters. The highest BCUT2D eigenvalue weighted by molar-refractivity contribution is 7.22. The highest BCUT2D eigenvalue weighted by Gasteiger charge is 2.14. The summed E-state index contributed by atoms with van der Waals surface area (Å²) in [5, 5.41) is 16.7. The van der Waals surface area contributed by atoms with E-state index in [-0.39, 0.29) is 5.56 Å². The minimum Gasteiger partial charge on any atom is -0.390 e. The molecule has 0 spiro atoms. The minimum absolute atomic E-state index is 0.106. The van der Waals surface area contributed by atoms with Crippen LogP contribution >= 0.6 is 11.3 Å². The summed E-state index contributed by atoms with van der Waals surface area (Å²) in [7, 11) is 0. The van der Waals surface area contributed by atoms with Gasteiger partial charge in [-0.25, -0.2) is 4.98 Å². The second-order valence-corrected chi connectivity index (χ2v) is 7.46. The Balaban J connectivity index is 1.89. The number of hydrogen-bond donors (Lipinski definition) is 3. The van der Waals surface area contributed by atoms with Gasteiger partial charge in [0, 0.05) is 22.6 Å². The number of aromatic amines is 2. The van der Waals surface area contributed by atoms with Crippen LogP contribution in [0.5, 0.6) is 0 Å². The molecule has 23 heavy (non-hydrogen) atoms. The van der Waals surface area contributed by atoms with E-state index in [0.29, 0.717) is 28.9 Å². The Bertz CT molecular complexity index is 885. The zero-order valence-corrected chi connectivity index (χ0v) is 14.3.